The van der Waals surface area contributed by atoms with E-state index in [4.69, 9.17) is 4.74 Å². The highest BCUT2D eigenvalue weighted by molar-refractivity contribution is 7.89. The molecule has 2 saturated heterocycles. The number of halogens is 3. The fourth-order valence-corrected chi connectivity index (χ4v) is 7.80. The Hall–Kier alpha value is -3.12. The van der Waals surface area contributed by atoms with E-state index in [0.29, 0.717) is 56.7 Å². The van der Waals surface area contributed by atoms with Crippen LogP contribution in [0.1, 0.15) is 57.1 Å². The zero-order valence-electron chi connectivity index (χ0n) is 21.4. The topological polar surface area (TPSA) is 96.0 Å². The van der Waals surface area contributed by atoms with Gasteiger partial charge in [0.05, 0.1) is 12.1 Å². The van der Waals surface area contributed by atoms with Crippen molar-refractivity contribution < 1.29 is 35.9 Å². The molecule has 1 saturated carbocycles. The fourth-order valence-electron chi connectivity index (χ4n) is 5.83. The fraction of sp³-hybridized carbons (Fsp3) is 0.481. The first-order valence-corrected chi connectivity index (χ1v) is 14.4. The Bertz CT molecular complexity index is 1380. The van der Waals surface area contributed by atoms with Gasteiger partial charge in [0.25, 0.3) is 0 Å². The van der Waals surface area contributed by atoms with E-state index in [9.17, 15) is 31.2 Å². The summed E-state index contributed by atoms with van der Waals surface area (Å²) in [5.41, 5.74) is -0.746. The Morgan fingerprint density at radius 2 is 1.77 bits per heavy atom. The van der Waals surface area contributed by atoms with Crippen LogP contribution in [0.15, 0.2) is 47.4 Å². The van der Waals surface area contributed by atoms with E-state index in [1.165, 1.54) is 30.0 Å². The Morgan fingerprint density at radius 3 is 2.44 bits per heavy atom. The average molecular weight is 566 g/mol. The molecular formula is C27H30F3N3O5S. The molecule has 1 aliphatic carbocycles. The third-order valence-electron chi connectivity index (χ3n) is 7.75. The molecule has 3 fully saturated rings. The molecule has 2 aliphatic heterocycles. The molecule has 0 spiro atoms. The van der Waals surface area contributed by atoms with Crippen LogP contribution in [-0.4, -0.2) is 60.4 Å². The van der Waals surface area contributed by atoms with Crippen molar-refractivity contribution in [3.05, 3.63) is 65.5 Å². The van der Waals surface area contributed by atoms with Crippen molar-refractivity contribution in [2.75, 3.05) is 13.1 Å². The van der Waals surface area contributed by atoms with Gasteiger partial charge in [0.2, 0.25) is 15.9 Å². The molecule has 2 aromatic carbocycles. The molecule has 2 heterocycles. The summed E-state index contributed by atoms with van der Waals surface area (Å²) in [5, 5.41) is 2.78. The number of carbonyl (C=O) groups excluding carboxylic acids is 2. The standard InChI is InChI=1S/C27H30F3N3O5S/c1-17(34)31-21-10-13-32(16-21)26(35)38-27(11-12-27)25-7-3-6-23(18-4-2-5-19(28)14-18)33(25)39(36,37)24-9-8-20(29)15-22(24)30/h2,4-5,8-9,14-15,21,23,25H,3,6-7,10-13,16H2,1H3,(H,31,34)/t21?,23-,25+/m0/s1. The number of sulfonamides is 1. The van der Waals surface area contributed by atoms with Gasteiger partial charge in [-0.25, -0.2) is 26.4 Å². The van der Waals surface area contributed by atoms with Crippen molar-refractivity contribution in [2.24, 2.45) is 0 Å². The first-order chi connectivity index (χ1) is 18.5. The maximum absolute atomic E-state index is 14.8. The van der Waals surface area contributed by atoms with Crippen LogP contribution in [-0.2, 0) is 19.6 Å². The molecule has 5 rings (SSSR count). The molecule has 1 N–H and O–H groups in total. The maximum atomic E-state index is 14.8. The van der Waals surface area contributed by atoms with Gasteiger partial charge in [-0.15, -0.1) is 0 Å². The van der Waals surface area contributed by atoms with Crippen molar-refractivity contribution in [3.63, 3.8) is 0 Å². The number of hydrogen-bond acceptors (Lipinski definition) is 5. The van der Waals surface area contributed by atoms with Gasteiger partial charge in [0.15, 0.2) is 0 Å². The largest absolute Gasteiger partial charge is 0.441 e. The van der Waals surface area contributed by atoms with E-state index >= 15 is 0 Å². The third-order valence-corrected chi connectivity index (χ3v) is 9.70. The van der Waals surface area contributed by atoms with Gasteiger partial charge in [-0.3, -0.25) is 4.79 Å². The van der Waals surface area contributed by atoms with Crippen LogP contribution < -0.4 is 5.32 Å². The number of nitrogens with one attached hydrogen (secondary N) is 1. The number of nitrogens with zero attached hydrogens (tertiary/aromatic N) is 2. The van der Waals surface area contributed by atoms with Crippen molar-refractivity contribution in [1.82, 2.24) is 14.5 Å². The van der Waals surface area contributed by atoms with Gasteiger partial charge in [0.1, 0.15) is 27.9 Å². The molecule has 8 nitrogen and oxygen atoms in total. The van der Waals surface area contributed by atoms with E-state index in [2.05, 4.69) is 5.32 Å². The van der Waals surface area contributed by atoms with E-state index < -0.39 is 56.1 Å². The summed E-state index contributed by atoms with van der Waals surface area (Å²) in [6.07, 6.45) is 2.01. The van der Waals surface area contributed by atoms with E-state index in [-0.39, 0.29) is 18.5 Å². The molecule has 0 bridgehead atoms. The Balaban J connectivity index is 1.48. The summed E-state index contributed by atoms with van der Waals surface area (Å²) in [6.45, 7) is 2.05. The monoisotopic (exact) mass is 565 g/mol. The number of amides is 2. The molecule has 2 amide bonds. The molecule has 210 valence electrons. The lowest BCUT2D eigenvalue weighted by Gasteiger charge is -2.44. The average Bonchev–Trinajstić information content (AvgIpc) is 3.50. The summed E-state index contributed by atoms with van der Waals surface area (Å²) in [4.78, 5) is 25.3. The number of carbonyl (C=O) groups is 2. The molecule has 0 radical (unpaired) electrons. The summed E-state index contributed by atoms with van der Waals surface area (Å²) in [7, 11) is -4.57. The highest BCUT2D eigenvalue weighted by atomic mass is 32.2. The van der Waals surface area contributed by atoms with E-state index in [0.717, 1.165) is 16.4 Å². The van der Waals surface area contributed by atoms with Gasteiger partial charge in [-0.2, -0.15) is 4.31 Å². The van der Waals surface area contributed by atoms with Crippen LogP contribution in [0.2, 0.25) is 0 Å². The minimum Gasteiger partial charge on any atom is -0.441 e. The van der Waals surface area contributed by atoms with Crippen molar-refractivity contribution in [2.45, 2.75) is 74.1 Å². The number of piperidine rings is 1. The molecule has 12 heteroatoms. The van der Waals surface area contributed by atoms with Crippen molar-refractivity contribution in [3.8, 4) is 0 Å². The number of ether oxygens (including phenoxy) is 1. The first kappa shape index (κ1) is 27.4. The van der Waals surface area contributed by atoms with Gasteiger partial charge in [0, 0.05) is 32.1 Å². The molecule has 2 aromatic rings. The summed E-state index contributed by atoms with van der Waals surface area (Å²) < 4.78 is 77.9. The number of hydrogen-bond donors (Lipinski definition) is 1. The second-order valence-corrected chi connectivity index (χ2v) is 12.3. The SMILES string of the molecule is CC(=O)NC1CCN(C(=O)OC2([C@H]3CCC[C@@H](c4cccc(F)c4)N3S(=O)(=O)c3ccc(F)cc3F)CC2)C1. The lowest BCUT2D eigenvalue weighted by Crippen LogP contribution is -2.54. The second-order valence-electron chi connectivity index (χ2n) is 10.5. The third kappa shape index (κ3) is 5.49. The minimum atomic E-state index is -4.57. The summed E-state index contributed by atoms with van der Waals surface area (Å²) >= 11 is 0. The number of benzene rings is 2. The van der Waals surface area contributed by atoms with Crippen LogP contribution in [0.4, 0.5) is 18.0 Å². The van der Waals surface area contributed by atoms with Crippen LogP contribution in [0.3, 0.4) is 0 Å². The quantitative estimate of drug-likeness (QED) is 0.565. The molecule has 3 aliphatic rings. The van der Waals surface area contributed by atoms with Gasteiger partial charge in [-0.05, 0) is 68.4 Å². The summed E-state index contributed by atoms with van der Waals surface area (Å²) in [5.74, 6) is -2.90. The minimum absolute atomic E-state index is 0.199. The van der Waals surface area contributed by atoms with Crippen LogP contribution in [0.25, 0.3) is 0 Å². The Morgan fingerprint density at radius 1 is 1.03 bits per heavy atom. The normalized spacial score (nSPS) is 24.8. The summed E-state index contributed by atoms with van der Waals surface area (Å²) in [6, 6.07) is 5.95. The second kappa shape index (κ2) is 10.5. The molecular weight excluding hydrogens is 535 g/mol. The van der Waals surface area contributed by atoms with Crippen molar-refractivity contribution >= 4 is 22.0 Å². The zero-order valence-corrected chi connectivity index (χ0v) is 22.2. The number of likely N-dealkylation sites (tertiary alicyclic amines) is 1. The smallest absolute Gasteiger partial charge is 0.410 e. The highest BCUT2D eigenvalue weighted by Crippen LogP contribution is 2.53. The lowest BCUT2D eigenvalue weighted by molar-refractivity contribution is -0.119. The van der Waals surface area contributed by atoms with Gasteiger partial charge >= 0.3 is 6.09 Å². The van der Waals surface area contributed by atoms with E-state index in [1.807, 2.05) is 0 Å². The van der Waals surface area contributed by atoms with Crippen LogP contribution in [0, 0.1) is 17.5 Å². The van der Waals surface area contributed by atoms with Crippen molar-refractivity contribution in [1.29, 1.82) is 0 Å². The molecule has 39 heavy (non-hydrogen) atoms. The predicted molar refractivity (Wildman–Crippen MR) is 134 cm³/mol. The zero-order chi connectivity index (χ0) is 27.9. The first-order valence-electron chi connectivity index (χ1n) is 13.0. The maximum Gasteiger partial charge on any atom is 0.410 e. The highest BCUT2D eigenvalue weighted by Gasteiger charge is 2.60. The predicted octanol–water partition coefficient (Wildman–Crippen LogP) is 4.27. The van der Waals surface area contributed by atoms with Gasteiger partial charge < -0.3 is 15.0 Å². The van der Waals surface area contributed by atoms with Crippen LogP contribution >= 0.6 is 0 Å². The molecule has 3 atom stereocenters. The van der Waals surface area contributed by atoms with E-state index in [1.54, 1.807) is 6.07 Å². The van der Waals surface area contributed by atoms with Crippen LogP contribution in [0.5, 0.6) is 0 Å². The molecule has 0 aromatic heterocycles. The number of rotatable bonds is 6. The van der Waals surface area contributed by atoms with Gasteiger partial charge in [-0.1, -0.05) is 12.1 Å². The Labute approximate surface area is 225 Å². The molecule has 1 unspecified atom stereocenters. The Kier molecular flexibility index (Phi) is 7.36. The lowest BCUT2D eigenvalue weighted by atomic mass is 9.90.